The maximum atomic E-state index is 14.5. The first-order valence-corrected chi connectivity index (χ1v) is 8.50. The van der Waals surface area contributed by atoms with Crippen molar-refractivity contribution in [2.24, 2.45) is 0 Å². The molecule has 0 saturated carbocycles. The van der Waals surface area contributed by atoms with E-state index in [1.807, 2.05) is 33.8 Å². The highest BCUT2D eigenvalue weighted by atomic mass is 19.1. The average Bonchev–Trinajstić information content (AvgIpc) is 2.75. The molecule has 7 heteroatoms. The number of esters is 1. The van der Waals surface area contributed by atoms with E-state index < -0.39 is 18.3 Å². The van der Waals surface area contributed by atoms with Crippen LogP contribution in [-0.4, -0.2) is 45.0 Å². The molecule has 1 aromatic carbocycles. The molecule has 2 rings (SSSR count). The lowest BCUT2D eigenvalue weighted by molar-refractivity contribution is -0.140. The summed E-state index contributed by atoms with van der Waals surface area (Å²) in [5, 5.41) is 0. The first-order chi connectivity index (χ1) is 11.6. The van der Waals surface area contributed by atoms with Gasteiger partial charge in [-0.15, -0.1) is 0 Å². The summed E-state index contributed by atoms with van der Waals surface area (Å²) in [6.07, 6.45) is 0.913. The SMILES string of the molecule is COC(=O)CCCN(C)c1ccc(B2OC(C)(C)C(C)(C)O2)cc1F. The van der Waals surface area contributed by atoms with Gasteiger partial charge in [0.1, 0.15) is 5.82 Å². The van der Waals surface area contributed by atoms with Crippen LogP contribution in [0.1, 0.15) is 40.5 Å². The fraction of sp³-hybridized carbons (Fsp3) is 0.611. The van der Waals surface area contributed by atoms with Gasteiger partial charge in [0, 0.05) is 20.0 Å². The monoisotopic (exact) mass is 351 g/mol. The smallest absolute Gasteiger partial charge is 0.469 e. The Hall–Kier alpha value is -1.60. The topological polar surface area (TPSA) is 48.0 Å². The molecule has 5 nitrogen and oxygen atoms in total. The number of benzene rings is 1. The second-order valence-corrected chi connectivity index (χ2v) is 7.40. The van der Waals surface area contributed by atoms with Crippen LogP contribution in [0.25, 0.3) is 0 Å². The Morgan fingerprint density at radius 3 is 2.36 bits per heavy atom. The minimum absolute atomic E-state index is 0.259. The molecule has 0 N–H and O–H groups in total. The number of halogens is 1. The van der Waals surface area contributed by atoms with Crippen LogP contribution in [0.4, 0.5) is 10.1 Å². The van der Waals surface area contributed by atoms with Gasteiger partial charge in [0.15, 0.2) is 0 Å². The predicted octanol–water partition coefficient (Wildman–Crippen LogP) is 2.51. The van der Waals surface area contributed by atoms with Gasteiger partial charge in [-0.05, 0) is 51.7 Å². The van der Waals surface area contributed by atoms with Crippen molar-refractivity contribution >= 4 is 24.2 Å². The van der Waals surface area contributed by atoms with Crippen LogP contribution in [0, 0.1) is 5.82 Å². The standard InChI is InChI=1S/C18H27BFNO4/c1-17(2)18(3,4)25-19(24-17)13-9-10-15(14(20)12-13)21(5)11-7-8-16(22)23-6/h9-10,12H,7-8,11H2,1-6H3. The lowest BCUT2D eigenvalue weighted by atomic mass is 9.79. The van der Waals surface area contributed by atoms with E-state index >= 15 is 0 Å². The van der Waals surface area contributed by atoms with Gasteiger partial charge < -0.3 is 18.9 Å². The number of hydrogen-bond acceptors (Lipinski definition) is 5. The lowest BCUT2D eigenvalue weighted by Gasteiger charge is -2.32. The Morgan fingerprint density at radius 2 is 1.84 bits per heavy atom. The molecule has 0 atom stereocenters. The Labute approximate surface area is 149 Å². The third kappa shape index (κ3) is 4.33. The molecule has 0 aromatic heterocycles. The van der Waals surface area contributed by atoms with E-state index in [9.17, 15) is 9.18 Å². The van der Waals surface area contributed by atoms with E-state index in [0.29, 0.717) is 30.5 Å². The summed E-state index contributed by atoms with van der Waals surface area (Å²) in [6.45, 7) is 8.42. The van der Waals surface area contributed by atoms with E-state index in [2.05, 4.69) is 4.74 Å². The summed E-state index contributed by atoms with van der Waals surface area (Å²) in [5.74, 6) is -0.599. The van der Waals surface area contributed by atoms with Crippen molar-refractivity contribution in [3.8, 4) is 0 Å². The summed E-state index contributed by atoms with van der Waals surface area (Å²) in [4.78, 5) is 12.9. The van der Waals surface area contributed by atoms with Gasteiger partial charge in [-0.25, -0.2) is 4.39 Å². The molecule has 25 heavy (non-hydrogen) atoms. The van der Waals surface area contributed by atoms with Crippen LogP contribution < -0.4 is 10.4 Å². The molecular formula is C18H27BFNO4. The lowest BCUT2D eigenvalue weighted by Crippen LogP contribution is -2.41. The molecular weight excluding hydrogens is 324 g/mol. The van der Waals surface area contributed by atoms with Crippen molar-refractivity contribution < 1.29 is 23.2 Å². The zero-order valence-corrected chi connectivity index (χ0v) is 15.9. The number of anilines is 1. The molecule has 0 unspecified atom stereocenters. The number of ether oxygens (including phenoxy) is 1. The Kier molecular flexibility index (Phi) is 5.79. The quantitative estimate of drug-likeness (QED) is 0.582. The van der Waals surface area contributed by atoms with Crippen molar-refractivity contribution in [1.82, 2.24) is 0 Å². The van der Waals surface area contributed by atoms with E-state index in [-0.39, 0.29) is 11.8 Å². The largest absolute Gasteiger partial charge is 0.494 e. The van der Waals surface area contributed by atoms with Crippen LogP contribution in [0.5, 0.6) is 0 Å². The zero-order valence-electron chi connectivity index (χ0n) is 15.9. The van der Waals surface area contributed by atoms with Gasteiger partial charge in [0.2, 0.25) is 0 Å². The van der Waals surface area contributed by atoms with Crippen molar-refractivity contribution in [3.05, 3.63) is 24.0 Å². The normalized spacial score (nSPS) is 18.3. The summed E-state index contributed by atoms with van der Waals surface area (Å²) in [5.41, 5.74) is 0.211. The van der Waals surface area contributed by atoms with E-state index in [1.165, 1.54) is 13.2 Å². The zero-order chi connectivity index (χ0) is 18.8. The van der Waals surface area contributed by atoms with Crippen LogP contribution in [-0.2, 0) is 18.8 Å². The van der Waals surface area contributed by atoms with Gasteiger partial charge in [-0.2, -0.15) is 0 Å². The molecule has 138 valence electrons. The molecule has 1 aromatic rings. The summed E-state index contributed by atoms with van der Waals surface area (Å²) in [6, 6.07) is 4.99. The Bertz CT molecular complexity index is 620. The number of carbonyl (C=O) groups is 1. The van der Waals surface area contributed by atoms with Crippen LogP contribution in [0.15, 0.2) is 18.2 Å². The minimum Gasteiger partial charge on any atom is -0.469 e. The maximum absolute atomic E-state index is 14.5. The molecule has 0 radical (unpaired) electrons. The number of nitrogens with zero attached hydrogens (tertiary/aromatic N) is 1. The summed E-state index contributed by atoms with van der Waals surface area (Å²) in [7, 11) is 2.57. The van der Waals surface area contributed by atoms with E-state index in [0.717, 1.165) is 0 Å². The van der Waals surface area contributed by atoms with Crippen molar-refractivity contribution in [2.75, 3.05) is 25.6 Å². The second kappa shape index (κ2) is 7.34. The highest BCUT2D eigenvalue weighted by Gasteiger charge is 2.51. The number of rotatable bonds is 6. The highest BCUT2D eigenvalue weighted by molar-refractivity contribution is 6.62. The number of carbonyl (C=O) groups excluding carboxylic acids is 1. The molecule has 0 bridgehead atoms. The van der Waals surface area contributed by atoms with Crippen molar-refractivity contribution in [2.45, 2.75) is 51.7 Å². The average molecular weight is 351 g/mol. The second-order valence-electron chi connectivity index (χ2n) is 7.40. The first kappa shape index (κ1) is 19.7. The molecule has 0 amide bonds. The third-order valence-corrected chi connectivity index (χ3v) is 5.01. The van der Waals surface area contributed by atoms with Crippen molar-refractivity contribution in [3.63, 3.8) is 0 Å². The van der Waals surface area contributed by atoms with E-state index in [1.54, 1.807) is 18.0 Å². The fourth-order valence-electron chi connectivity index (χ4n) is 2.64. The molecule has 1 heterocycles. The maximum Gasteiger partial charge on any atom is 0.494 e. The van der Waals surface area contributed by atoms with Gasteiger partial charge in [0.25, 0.3) is 0 Å². The third-order valence-electron chi connectivity index (χ3n) is 5.01. The minimum atomic E-state index is -0.585. The Balaban J connectivity index is 2.05. The molecule has 1 saturated heterocycles. The Morgan fingerprint density at radius 1 is 1.24 bits per heavy atom. The summed E-state index contributed by atoms with van der Waals surface area (Å²) >= 11 is 0. The molecule has 0 aliphatic carbocycles. The number of hydrogen-bond donors (Lipinski definition) is 0. The van der Waals surface area contributed by atoms with Crippen molar-refractivity contribution in [1.29, 1.82) is 0 Å². The predicted molar refractivity (Wildman–Crippen MR) is 96.6 cm³/mol. The van der Waals surface area contributed by atoms with E-state index in [4.69, 9.17) is 9.31 Å². The van der Waals surface area contributed by atoms with Crippen LogP contribution in [0.3, 0.4) is 0 Å². The van der Waals surface area contributed by atoms with Crippen LogP contribution in [0.2, 0.25) is 0 Å². The molecule has 1 fully saturated rings. The van der Waals surface area contributed by atoms with Gasteiger partial charge in [-0.3, -0.25) is 4.79 Å². The molecule has 1 aliphatic rings. The molecule has 0 spiro atoms. The summed E-state index contributed by atoms with van der Waals surface area (Å²) < 4.78 is 31.1. The van der Waals surface area contributed by atoms with Gasteiger partial charge in [-0.1, -0.05) is 6.07 Å². The van der Waals surface area contributed by atoms with Crippen LogP contribution >= 0.6 is 0 Å². The molecule has 1 aliphatic heterocycles. The highest BCUT2D eigenvalue weighted by Crippen LogP contribution is 2.36. The first-order valence-electron chi connectivity index (χ1n) is 8.50. The number of methoxy groups -OCH3 is 1. The van der Waals surface area contributed by atoms with Gasteiger partial charge in [0.05, 0.1) is 24.0 Å². The van der Waals surface area contributed by atoms with Gasteiger partial charge >= 0.3 is 13.1 Å². The fourth-order valence-corrected chi connectivity index (χ4v) is 2.64.